The normalized spacial score (nSPS) is 30.3. The van der Waals surface area contributed by atoms with E-state index in [1.807, 2.05) is 19.1 Å². The summed E-state index contributed by atoms with van der Waals surface area (Å²) in [5.41, 5.74) is 3.15. The van der Waals surface area contributed by atoms with E-state index in [4.69, 9.17) is 4.74 Å². The lowest BCUT2D eigenvalue weighted by atomic mass is 9.85. The third kappa shape index (κ3) is 1.92. The van der Waals surface area contributed by atoms with Crippen LogP contribution in [0.1, 0.15) is 20.8 Å². The number of ether oxygens (including phenoxy) is 1. The molecule has 124 valence electrons. The summed E-state index contributed by atoms with van der Waals surface area (Å²) in [6.07, 6.45) is 4.22. The van der Waals surface area contributed by atoms with Crippen LogP contribution < -0.4 is 9.64 Å². The predicted octanol–water partition coefficient (Wildman–Crippen LogP) is 3.34. The second kappa shape index (κ2) is 5.33. The van der Waals surface area contributed by atoms with Gasteiger partial charge < -0.3 is 4.74 Å². The summed E-state index contributed by atoms with van der Waals surface area (Å²) in [4.78, 5) is 27.3. The molecule has 4 rings (SSSR count). The van der Waals surface area contributed by atoms with Crippen molar-refractivity contribution >= 4 is 17.5 Å². The molecular weight excluding hydrogens is 302 g/mol. The highest BCUT2D eigenvalue weighted by Crippen LogP contribution is 2.57. The van der Waals surface area contributed by atoms with E-state index in [9.17, 15) is 9.59 Å². The Labute approximate surface area is 141 Å². The second-order valence-electron chi connectivity index (χ2n) is 6.88. The number of nitrogens with zero attached hydrogens (tertiary/aromatic N) is 1. The van der Waals surface area contributed by atoms with E-state index in [0.717, 1.165) is 5.75 Å². The number of hydrogen-bond acceptors (Lipinski definition) is 3. The molecule has 1 aromatic rings. The zero-order chi connectivity index (χ0) is 17.0. The summed E-state index contributed by atoms with van der Waals surface area (Å²) in [5.74, 6) is 0.333. The van der Waals surface area contributed by atoms with Gasteiger partial charge in [-0.25, -0.2) is 4.90 Å². The van der Waals surface area contributed by atoms with Gasteiger partial charge in [-0.1, -0.05) is 23.3 Å². The summed E-state index contributed by atoms with van der Waals surface area (Å²) in [6, 6.07) is 7.20. The smallest absolute Gasteiger partial charge is 0.238 e. The number of amides is 2. The maximum absolute atomic E-state index is 13.0. The Kier molecular flexibility index (Phi) is 3.37. The van der Waals surface area contributed by atoms with Crippen LogP contribution in [0.5, 0.6) is 5.75 Å². The Hall–Kier alpha value is -2.36. The van der Waals surface area contributed by atoms with Gasteiger partial charge >= 0.3 is 0 Å². The molecule has 2 amide bonds. The SMILES string of the molecule is CCOc1ccc(N2C(=O)[C@@H]3[C@@H](C2=O)[C@H]2C=C[C@H]3C2=C(C)C)cc1. The minimum absolute atomic E-state index is 0.0650. The van der Waals surface area contributed by atoms with Crippen molar-refractivity contribution in [2.75, 3.05) is 11.5 Å². The Balaban J connectivity index is 1.67. The number of anilines is 1. The molecular formula is C20H21NO3. The second-order valence-corrected chi connectivity index (χ2v) is 6.88. The van der Waals surface area contributed by atoms with Crippen LogP contribution in [0.25, 0.3) is 0 Å². The van der Waals surface area contributed by atoms with Crippen molar-refractivity contribution in [2.24, 2.45) is 23.7 Å². The fraction of sp³-hybridized carbons (Fsp3) is 0.400. The molecule has 0 N–H and O–H groups in total. The van der Waals surface area contributed by atoms with Crippen LogP contribution in [0, 0.1) is 23.7 Å². The van der Waals surface area contributed by atoms with Crippen LogP contribution in [-0.2, 0) is 9.59 Å². The average Bonchev–Trinajstić information content (AvgIpc) is 3.19. The average molecular weight is 323 g/mol. The highest BCUT2D eigenvalue weighted by atomic mass is 16.5. The number of rotatable bonds is 3. The molecule has 1 heterocycles. The molecule has 4 heteroatoms. The van der Waals surface area contributed by atoms with Crippen LogP contribution in [0.3, 0.4) is 0 Å². The number of imide groups is 1. The lowest BCUT2D eigenvalue weighted by molar-refractivity contribution is -0.122. The summed E-state index contributed by atoms with van der Waals surface area (Å²) < 4.78 is 5.43. The molecule has 0 aromatic heterocycles. The van der Waals surface area contributed by atoms with Crippen molar-refractivity contribution in [2.45, 2.75) is 20.8 Å². The van der Waals surface area contributed by atoms with Gasteiger partial charge in [-0.3, -0.25) is 9.59 Å². The molecule has 4 nitrogen and oxygen atoms in total. The zero-order valence-electron chi connectivity index (χ0n) is 14.2. The first-order valence-electron chi connectivity index (χ1n) is 8.51. The predicted molar refractivity (Wildman–Crippen MR) is 91.6 cm³/mol. The van der Waals surface area contributed by atoms with Gasteiger partial charge in [0.2, 0.25) is 11.8 Å². The molecule has 3 aliphatic rings. The van der Waals surface area contributed by atoms with Gasteiger partial charge in [0, 0.05) is 11.8 Å². The van der Waals surface area contributed by atoms with Crippen molar-refractivity contribution in [3.63, 3.8) is 0 Å². The quantitative estimate of drug-likeness (QED) is 0.633. The van der Waals surface area contributed by atoms with E-state index < -0.39 is 0 Å². The summed E-state index contributed by atoms with van der Waals surface area (Å²) in [7, 11) is 0. The molecule has 0 unspecified atom stereocenters. The maximum atomic E-state index is 13.0. The van der Waals surface area contributed by atoms with Gasteiger partial charge in [-0.2, -0.15) is 0 Å². The van der Waals surface area contributed by atoms with Crippen molar-refractivity contribution in [3.8, 4) is 5.75 Å². The molecule has 1 saturated carbocycles. The highest BCUT2D eigenvalue weighted by molar-refractivity contribution is 6.23. The van der Waals surface area contributed by atoms with Crippen LogP contribution in [0.15, 0.2) is 47.6 Å². The van der Waals surface area contributed by atoms with Gasteiger partial charge in [-0.15, -0.1) is 0 Å². The molecule has 24 heavy (non-hydrogen) atoms. The Bertz CT molecular complexity index is 737. The number of benzene rings is 1. The number of fused-ring (bicyclic) bond motifs is 5. The maximum Gasteiger partial charge on any atom is 0.238 e. The van der Waals surface area contributed by atoms with Crippen molar-refractivity contribution in [1.29, 1.82) is 0 Å². The molecule has 2 aliphatic carbocycles. The zero-order valence-corrected chi connectivity index (χ0v) is 14.2. The van der Waals surface area contributed by atoms with Gasteiger partial charge in [0.25, 0.3) is 0 Å². The van der Waals surface area contributed by atoms with Gasteiger partial charge in [0.05, 0.1) is 24.1 Å². The molecule has 4 atom stereocenters. The third-order valence-corrected chi connectivity index (χ3v) is 5.40. The number of allylic oxidation sites excluding steroid dienone is 4. The topological polar surface area (TPSA) is 46.6 Å². The van der Waals surface area contributed by atoms with Crippen molar-refractivity contribution < 1.29 is 14.3 Å². The lowest BCUT2D eigenvalue weighted by Crippen LogP contribution is -2.33. The van der Waals surface area contributed by atoms with Crippen LogP contribution >= 0.6 is 0 Å². The highest BCUT2D eigenvalue weighted by Gasteiger charge is 2.61. The lowest BCUT2D eigenvalue weighted by Gasteiger charge is -2.19. The molecule has 0 radical (unpaired) electrons. The Morgan fingerprint density at radius 1 is 1.00 bits per heavy atom. The molecule has 1 aromatic carbocycles. The van der Waals surface area contributed by atoms with Gasteiger partial charge in [-0.05, 0) is 45.0 Å². The van der Waals surface area contributed by atoms with E-state index in [2.05, 4.69) is 26.0 Å². The van der Waals surface area contributed by atoms with Crippen molar-refractivity contribution in [3.05, 3.63) is 47.6 Å². The van der Waals surface area contributed by atoms with E-state index in [-0.39, 0.29) is 35.5 Å². The summed E-state index contributed by atoms with van der Waals surface area (Å²) in [5, 5.41) is 0. The fourth-order valence-corrected chi connectivity index (χ4v) is 4.54. The molecule has 2 bridgehead atoms. The van der Waals surface area contributed by atoms with E-state index in [1.54, 1.807) is 12.1 Å². The number of hydrogen-bond donors (Lipinski definition) is 0. The molecule has 2 fully saturated rings. The van der Waals surface area contributed by atoms with Crippen LogP contribution in [-0.4, -0.2) is 18.4 Å². The minimum Gasteiger partial charge on any atom is -0.494 e. The van der Waals surface area contributed by atoms with Crippen LogP contribution in [0.2, 0.25) is 0 Å². The fourth-order valence-electron chi connectivity index (χ4n) is 4.54. The van der Waals surface area contributed by atoms with Crippen molar-refractivity contribution in [1.82, 2.24) is 0 Å². The molecule has 1 aliphatic heterocycles. The first-order valence-corrected chi connectivity index (χ1v) is 8.51. The van der Waals surface area contributed by atoms with Crippen LogP contribution in [0.4, 0.5) is 5.69 Å². The van der Waals surface area contributed by atoms with E-state index in [0.29, 0.717) is 12.3 Å². The standard InChI is InChI=1S/C20H21NO3/c1-4-24-13-7-5-12(6-8-13)21-19(22)17-14-9-10-15(16(14)11(2)3)18(17)20(21)23/h5-10,14-15,17-18H,4H2,1-3H3/t14-,15-,17-,18-/m0/s1. The third-order valence-electron chi connectivity index (χ3n) is 5.40. The van der Waals surface area contributed by atoms with E-state index >= 15 is 0 Å². The summed E-state index contributed by atoms with van der Waals surface area (Å²) >= 11 is 0. The first kappa shape index (κ1) is 15.2. The van der Waals surface area contributed by atoms with E-state index in [1.165, 1.54) is 16.0 Å². The summed E-state index contributed by atoms with van der Waals surface area (Å²) in [6.45, 7) is 6.66. The molecule has 0 spiro atoms. The van der Waals surface area contributed by atoms with Gasteiger partial charge in [0.1, 0.15) is 5.75 Å². The largest absolute Gasteiger partial charge is 0.494 e. The minimum atomic E-state index is -0.232. The number of carbonyl (C=O) groups excluding carboxylic acids is 2. The first-order chi connectivity index (χ1) is 11.5. The Morgan fingerprint density at radius 3 is 2.00 bits per heavy atom. The number of carbonyl (C=O) groups is 2. The monoisotopic (exact) mass is 323 g/mol. The molecule has 1 saturated heterocycles. The van der Waals surface area contributed by atoms with Gasteiger partial charge in [0.15, 0.2) is 0 Å². The Morgan fingerprint density at radius 2 is 1.54 bits per heavy atom.